The van der Waals surface area contributed by atoms with Gasteiger partial charge in [-0.25, -0.2) is 8.42 Å². The molecule has 1 aliphatic heterocycles. The van der Waals surface area contributed by atoms with Crippen molar-refractivity contribution in [2.75, 3.05) is 20.2 Å². The first-order valence-electron chi connectivity index (χ1n) is 7.10. The lowest BCUT2D eigenvalue weighted by Crippen LogP contribution is -2.40. The number of hydrogen-bond donors (Lipinski definition) is 0. The maximum Gasteiger partial charge on any atom is 0.308 e. The molecule has 1 aromatic carbocycles. The molecule has 0 N–H and O–H groups in total. The number of ether oxygens (including phenoxy) is 1. The highest BCUT2D eigenvalue weighted by atomic mass is 32.2. The molecule has 0 saturated carbocycles. The van der Waals surface area contributed by atoms with Crippen LogP contribution in [-0.4, -0.2) is 43.8 Å². The molecule has 0 atom stereocenters. The summed E-state index contributed by atoms with van der Waals surface area (Å²) in [6.07, 6.45) is 0.750. The topological polar surface area (TPSA) is 107 Å². The van der Waals surface area contributed by atoms with E-state index in [0.29, 0.717) is 18.4 Å². The van der Waals surface area contributed by atoms with E-state index in [1.54, 1.807) is 6.92 Å². The van der Waals surface area contributed by atoms with Crippen molar-refractivity contribution in [2.24, 2.45) is 5.92 Å². The maximum absolute atomic E-state index is 12.7. The number of piperidine rings is 1. The van der Waals surface area contributed by atoms with Crippen LogP contribution in [0.5, 0.6) is 0 Å². The molecule has 9 heteroatoms. The lowest BCUT2D eigenvalue weighted by atomic mass is 9.99. The Kier molecular flexibility index (Phi) is 5.00. The van der Waals surface area contributed by atoms with Crippen molar-refractivity contribution >= 4 is 21.7 Å². The fraction of sp³-hybridized carbons (Fsp3) is 0.500. The molecule has 8 nitrogen and oxygen atoms in total. The van der Waals surface area contributed by atoms with E-state index in [-0.39, 0.29) is 35.6 Å². The molecule has 0 spiro atoms. The van der Waals surface area contributed by atoms with Crippen molar-refractivity contribution in [1.29, 1.82) is 0 Å². The highest BCUT2D eigenvalue weighted by Gasteiger charge is 2.33. The Bertz CT molecular complexity index is 723. The Morgan fingerprint density at radius 1 is 1.35 bits per heavy atom. The number of sulfonamides is 1. The monoisotopic (exact) mass is 342 g/mol. The zero-order chi connectivity index (χ0) is 17.2. The third-order valence-electron chi connectivity index (χ3n) is 3.99. The van der Waals surface area contributed by atoms with Crippen LogP contribution in [0.1, 0.15) is 18.4 Å². The van der Waals surface area contributed by atoms with Crippen molar-refractivity contribution in [1.82, 2.24) is 4.31 Å². The van der Waals surface area contributed by atoms with Gasteiger partial charge in [0.2, 0.25) is 10.0 Å². The third kappa shape index (κ3) is 3.50. The molecule has 1 heterocycles. The van der Waals surface area contributed by atoms with Crippen molar-refractivity contribution in [3.05, 3.63) is 33.9 Å². The summed E-state index contributed by atoms with van der Waals surface area (Å²) in [4.78, 5) is 21.7. The first kappa shape index (κ1) is 17.4. The van der Waals surface area contributed by atoms with Gasteiger partial charge in [0.1, 0.15) is 0 Å². The second-order valence-electron chi connectivity index (χ2n) is 5.41. The minimum atomic E-state index is -3.83. The van der Waals surface area contributed by atoms with Gasteiger partial charge >= 0.3 is 5.97 Å². The average molecular weight is 342 g/mol. The number of nitrogens with zero attached hydrogens (tertiary/aromatic N) is 2. The van der Waals surface area contributed by atoms with Crippen LogP contribution in [-0.2, 0) is 19.6 Å². The highest BCUT2D eigenvalue weighted by Crippen LogP contribution is 2.28. The number of carbonyl (C=O) groups is 1. The van der Waals surface area contributed by atoms with Gasteiger partial charge in [-0.2, -0.15) is 4.31 Å². The average Bonchev–Trinajstić information content (AvgIpc) is 2.54. The molecule has 2 rings (SSSR count). The van der Waals surface area contributed by atoms with E-state index in [9.17, 15) is 23.3 Å². The van der Waals surface area contributed by atoms with Crippen LogP contribution in [0.25, 0.3) is 0 Å². The summed E-state index contributed by atoms with van der Waals surface area (Å²) >= 11 is 0. The van der Waals surface area contributed by atoms with Gasteiger partial charge in [-0.3, -0.25) is 14.9 Å². The summed E-state index contributed by atoms with van der Waals surface area (Å²) in [5, 5.41) is 10.9. The molecular weight excluding hydrogens is 324 g/mol. The van der Waals surface area contributed by atoms with E-state index in [1.807, 2.05) is 0 Å². The van der Waals surface area contributed by atoms with E-state index in [2.05, 4.69) is 4.74 Å². The van der Waals surface area contributed by atoms with Crippen LogP contribution in [0.15, 0.2) is 23.1 Å². The summed E-state index contributed by atoms with van der Waals surface area (Å²) in [5.74, 6) is -0.647. The van der Waals surface area contributed by atoms with E-state index in [1.165, 1.54) is 23.5 Å². The van der Waals surface area contributed by atoms with Crippen LogP contribution in [0.3, 0.4) is 0 Å². The second kappa shape index (κ2) is 6.63. The van der Waals surface area contributed by atoms with Crippen molar-refractivity contribution in [3.8, 4) is 0 Å². The van der Waals surface area contributed by atoms with Gasteiger partial charge in [0.05, 0.1) is 22.8 Å². The van der Waals surface area contributed by atoms with Gasteiger partial charge in [0, 0.05) is 25.2 Å². The SMILES string of the molecule is COC(=O)C1CCN(S(=O)(=O)c2cc([N+](=O)[O-])ccc2C)CC1. The summed E-state index contributed by atoms with van der Waals surface area (Å²) in [7, 11) is -2.52. The van der Waals surface area contributed by atoms with Crippen molar-refractivity contribution in [3.63, 3.8) is 0 Å². The molecule has 0 radical (unpaired) electrons. The fourth-order valence-corrected chi connectivity index (χ4v) is 4.33. The van der Waals surface area contributed by atoms with E-state index < -0.39 is 14.9 Å². The van der Waals surface area contributed by atoms with E-state index >= 15 is 0 Å². The predicted molar refractivity (Wildman–Crippen MR) is 81.3 cm³/mol. The lowest BCUT2D eigenvalue weighted by molar-refractivity contribution is -0.385. The molecule has 0 unspecified atom stereocenters. The molecule has 0 bridgehead atoms. The Morgan fingerprint density at radius 2 is 1.96 bits per heavy atom. The predicted octanol–water partition coefficient (Wildman–Crippen LogP) is 1.48. The number of non-ortho nitro benzene ring substituents is 1. The normalized spacial score (nSPS) is 17.0. The Morgan fingerprint density at radius 3 is 2.48 bits per heavy atom. The number of nitro groups is 1. The summed E-state index contributed by atoms with van der Waals surface area (Å²) in [5.41, 5.74) is 0.185. The molecule has 0 aromatic heterocycles. The highest BCUT2D eigenvalue weighted by molar-refractivity contribution is 7.89. The number of carbonyl (C=O) groups excluding carboxylic acids is 1. The molecule has 1 aromatic rings. The van der Waals surface area contributed by atoms with Crippen molar-refractivity contribution in [2.45, 2.75) is 24.7 Å². The van der Waals surface area contributed by atoms with Gasteiger partial charge in [-0.1, -0.05) is 6.07 Å². The smallest absolute Gasteiger partial charge is 0.308 e. The summed E-state index contributed by atoms with van der Waals surface area (Å²) in [6, 6.07) is 3.78. The maximum atomic E-state index is 12.7. The number of rotatable bonds is 4. The first-order valence-corrected chi connectivity index (χ1v) is 8.54. The van der Waals surface area contributed by atoms with Crippen LogP contribution >= 0.6 is 0 Å². The van der Waals surface area contributed by atoms with Crippen LogP contribution < -0.4 is 0 Å². The van der Waals surface area contributed by atoms with Crippen molar-refractivity contribution < 1.29 is 22.9 Å². The number of nitro benzene ring substituents is 1. The molecule has 1 saturated heterocycles. The standard InChI is InChI=1S/C14H18N2O6S/c1-10-3-4-12(16(18)19)9-13(10)23(20,21)15-7-5-11(6-8-15)14(17)22-2/h3-4,9,11H,5-8H2,1-2H3. The zero-order valence-electron chi connectivity index (χ0n) is 12.9. The third-order valence-corrected chi connectivity index (χ3v) is 6.03. The molecule has 0 amide bonds. The van der Waals surface area contributed by atoms with Crippen LogP contribution in [0.4, 0.5) is 5.69 Å². The minimum Gasteiger partial charge on any atom is -0.469 e. The molecule has 126 valence electrons. The van der Waals surface area contributed by atoms with E-state index in [4.69, 9.17) is 0 Å². The van der Waals surface area contributed by atoms with Gasteiger partial charge in [0.25, 0.3) is 5.69 Å². The Hall–Kier alpha value is -2.00. The number of esters is 1. The molecule has 1 fully saturated rings. The van der Waals surface area contributed by atoms with Crippen LogP contribution in [0, 0.1) is 23.0 Å². The number of aryl methyl sites for hydroxylation is 1. The van der Waals surface area contributed by atoms with E-state index in [0.717, 1.165) is 6.07 Å². The van der Waals surface area contributed by atoms with Crippen LogP contribution in [0.2, 0.25) is 0 Å². The van der Waals surface area contributed by atoms with Gasteiger partial charge in [-0.15, -0.1) is 0 Å². The largest absolute Gasteiger partial charge is 0.469 e. The quantitative estimate of drug-likeness (QED) is 0.466. The van der Waals surface area contributed by atoms with Gasteiger partial charge in [-0.05, 0) is 25.3 Å². The minimum absolute atomic E-state index is 0.0665. The number of hydrogen-bond acceptors (Lipinski definition) is 6. The lowest BCUT2D eigenvalue weighted by Gasteiger charge is -2.30. The zero-order valence-corrected chi connectivity index (χ0v) is 13.7. The number of methoxy groups -OCH3 is 1. The van der Waals surface area contributed by atoms with Gasteiger partial charge < -0.3 is 4.74 Å². The number of benzene rings is 1. The second-order valence-corrected chi connectivity index (χ2v) is 7.31. The Balaban J connectivity index is 2.25. The van der Waals surface area contributed by atoms with Gasteiger partial charge in [0.15, 0.2) is 0 Å². The molecule has 23 heavy (non-hydrogen) atoms. The molecule has 1 aliphatic rings. The summed E-state index contributed by atoms with van der Waals surface area (Å²) in [6.45, 7) is 1.96. The first-order chi connectivity index (χ1) is 10.8. The molecular formula is C14H18N2O6S. The molecule has 0 aliphatic carbocycles. The fourth-order valence-electron chi connectivity index (χ4n) is 2.62. The summed E-state index contributed by atoms with van der Waals surface area (Å²) < 4.78 is 31.4. The Labute approximate surface area is 134 Å².